The molecule has 0 bridgehead atoms. The Labute approximate surface area is 130 Å². The average molecular weight is 308 g/mol. The van der Waals surface area contributed by atoms with Crippen molar-refractivity contribution in [3.05, 3.63) is 42.0 Å². The third-order valence-electron chi connectivity index (χ3n) is 3.49. The van der Waals surface area contributed by atoms with E-state index in [2.05, 4.69) is 0 Å². The van der Waals surface area contributed by atoms with E-state index in [9.17, 15) is 9.90 Å². The quantitative estimate of drug-likeness (QED) is 0.610. The lowest BCUT2D eigenvalue weighted by molar-refractivity contribution is -0.131. The Balaban J connectivity index is 2.71. The summed E-state index contributed by atoms with van der Waals surface area (Å²) >= 11 is 0. The molecule has 0 saturated carbocycles. The van der Waals surface area contributed by atoms with Crippen molar-refractivity contribution < 1.29 is 24.9 Å². The minimum Gasteiger partial charge on any atom is -0.491 e. The van der Waals surface area contributed by atoms with Gasteiger partial charge in [-0.15, -0.1) is 0 Å². The number of aliphatic hydroxyl groups is 2. The smallest absolute Gasteiger partial charge is 0.327 e. The molecule has 22 heavy (non-hydrogen) atoms. The van der Waals surface area contributed by atoms with Gasteiger partial charge in [0.2, 0.25) is 0 Å². The monoisotopic (exact) mass is 308 g/mol. The van der Waals surface area contributed by atoms with Crippen molar-refractivity contribution in [2.45, 2.75) is 32.8 Å². The topological polar surface area (TPSA) is 87.0 Å². The van der Waals surface area contributed by atoms with Crippen molar-refractivity contribution in [2.24, 2.45) is 5.41 Å². The fourth-order valence-electron chi connectivity index (χ4n) is 2.17. The van der Waals surface area contributed by atoms with Crippen molar-refractivity contribution in [3.8, 4) is 5.75 Å². The van der Waals surface area contributed by atoms with E-state index >= 15 is 0 Å². The van der Waals surface area contributed by atoms with Crippen LogP contribution in [0.2, 0.25) is 0 Å². The van der Waals surface area contributed by atoms with E-state index < -0.39 is 17.5 Å². The van der Waals surface area contributed by atoms with Gasteiger partial charge in [-0.1, -0.05) is 32.1 Å². The summed E-state index contributed by atoms with van der Waals surface area (Å²) in [6.45, 7) is 4.03. The first-order chi connectivity index (χ1) is 10.4. The van der Waals surface area contributed by atoms with Gasteiger partial charge in [0, 0.05) is 6.08 Å². The van der Waals surface area contributed by atoms with Crippen LogP contribution in [0.25, 0.3) is 0 Å². The number of carboxylic acid groups (broad SMARTS) is 1. The Morgan fingerprint density at radius 2 is 2.14 bits per heavy atom. The summed E-state index contributed by atoms with van der Waals surface area (Å²) in [6, 6.07) is 7.15. The summed E-state index contributed by atoms with van der Waals surface area (Å²) in [5.74, 6) is -0.362. The van der Waals surface area contributed by atoms with Gasteiger partial charge in [0.25, 0.3) is 0 Å². The van der Waals surface area contributed by atoms with E-state index in [1.807, 2.05) is 19.9 Å². The van der Waals surface area contributed by atoms with Crippen LogP contribution < -0.4 is 4.74 Å². The van der Waals surface area contributed by atoms with Gasteiger partial charge in [-0.25, -0.2) is 4.79 Å². The van der Waals surface area contributed by atoms with Crippen LogP contribution in [-0.2, 0) is 4.79 Å². The van der Waals surface area contributed by atoms with Gasteiger partial charge in [-0.2, -0.15) is 0 Å². The number of carboxylic acids is 1. The molecular formula is C17H24O5. The number of allylic oxidation sites excluding steroid dienone is 1. The Kier molecular flexibility index (Phi) is 7.08. The van der Waals surface area contributed by atoms with Crippen molar-refractivity contribution >= 4 is 5.97 Å². The first-order valence-corrected chi connectivity index (χ1v) is 7.28. The fraction of sp³-hybridized carbons (Fsp3) is 0.471. The van der Waals surface area contributed by atoms with Gasteiger partial charge in [-0.3, -0.25) is 0 Å². The molecule has 0 amide bonds. The number of aliphatic carboxylic acids is 1. The SMILES string of the molecule is CC(C)(CC/C=C/C(=O)O)[C@H](O)c1cccc(OCCO)c1. The number of hydrogen-bond donors (Lipinski definition) is 3. The second-order valence-electron chi connectivity index (χ2n) is 5.81. The van der Waals surface area contributed by atoms with E-state index in [1.165, 1.54) is 0 Å². The predicted octanol–water partition coefficient (Wildman–Crippen LogP) is 2.54. The molecular weight excluding hydrogens is 284 g/mol. The fourth-order valence-corrected chi connectivity index (χ4v) is 2.17. The molecule has 0 aliphatic heterocycles. The maximum Gasteiger partial charge on any atom is 0.327 e. The summed E-state index contributed by atoms with van der Waals surface area (Å²) in [6.07, 6.45) is 3.25. The number of carbonyl (C=O) groups is 1. The molecule has 5 heteroatoms. The summed E-state index contributed by atoms with van der Waals surface area (Å²) < 4.78 is 5.35. The Morgan fingerprint density at radius 1 is 1.41 bits per heavy atom. The van der Waals surface area contributed by atoms with Crippen LogP contribution in [0.3, 0.4) is 0 Å². The first-order valence-electron chi connectivity index (χ1n) is 7.28. The molecule has 3 N–H and O–H groups in total. The summed E-state index contributed by atoms with van der Waals surface area (Å²) in [4.78, 5) is 10.4. The maximum absolute atomic E-state index is 10.6. The zero-order chi connectivity index (χ0) is 16.6. The van der Waals surface area contributed by atoms with Crippen LogP contribution in [-0.4, -0.2) is 34.5 Å². The third kappa shape index (κ3) is 5.87. The molecule has 0 fully saturated rings. The zero-order valence-electron chi connectivity index (χ0n) is 13.0. The van der Waals surface area contributed by atoms with Gasteiger partial charge in [0.1, 0.15) is 12.4 Å². The molecule has 0 spiro atoms. The lowest BCUT2D eigenvalue weighted by Crippen LogP contribution is -2.22. The van der Waals surface area contributed by atoms with Crippen LogP contribution in [0.5, 0.6) is 5.75 Å². The molecule has 1 aromatic rings. The van der Waals surface area contributed by atoms with Crippen LogP contribution in [0.1, 0.15) is 38.4 Å². The lowest BCUT2D eigenvalue weighted by Gasteiger charge is -2.30. The summed E-state index contributed by atoms with van der Waals surface area (Å²) in [5, 5.41) is 27.9. The van der Waals surface area contributed by atoms with E-state index in [-0.39, 0.29) is 13.2 Å². The number of ether oxygens (including phenoxy) is 1. The second-order valence-corrected chi connectivity index (χ2v) is 5.81. The van der Waals surface area contributed by atoms with Gasteiger partial charge in [0.05, 0.1) is 12.7 Å². The first kappa shape index (κ1) is 18.2. The van der Waals surface area contributed by atoms with Gasteiger partial charge in [-0.05, 0) is 36.0 Å². The highest BCUT2D eigenvalue weighted by atomic mass is 16.5. The molecule has 0 aromatic heterocycles. The number of rotatable bonds is 9. The largest absolute Gasteiger partial charge is 0.491 e. The number of hydrogen-bond acceptors (Lipinski definition) is 4. The van der Waals surface area contributed by atoms with Gasteiger partial charge >= 0.3 is 5.97 Å². The number of aliphatic hydroxyl groups excluding tert-OH is 2. The third-order valence-corrected chi connectivity index (χ3v) is 3.49. The minimum atomic E-state index is -0.966. The molecule has 0 aliphatic rings. The molecule has 0 saturated heterocycles. The average Bonchev–Trinajstić information content (AvgIpc) is 2.49. The highest BCUT2D eigenvalue weighted by molar-refractivity contribution is 5.79. The number of benzene rings is 1. The van der Waals surface area contributed by atoms with Crippen LogP contribution in [0.4, 0.5) is 0 Å². The van der Waals surface area contributed by atoms with Crippen LogP contribution in [0.15, 0.2) is 36.4 Å². The van der Waals surface area contributed by atoms with Crippen molar-refractivity contribution in [2.75, 3.05) is 13.2 Å². The normalized spacial score (nSPS) is 13.3. The Bertz CT molecular complexity index is 508. The molecule has 1 aromatic carbocycles. The molecule has 0 heterocycles. The Morgan fingerprint density at radius 3 is 2.77 bits per heavy atom. The highest BCUT2D eigenvalue weighted by Gasteiger charge is 2.28. The standard InChI is InChI=1S/C17H24O5/c1-17(2,9-4-3-8-15(19)20)16(21)13-6-5-7-14(12-13)22-11-10-18/h3,5-8,12,16,18,21H,4,9-11H2,1-2H3,(H,19,20)/b8-3+/t16-/m1/s1. The van der Waals surface area contributed by atoms with Gasteiger partial charge in [0.15, 0.2) is 0 Å². The summed E-state index contributed by atoms with van der Waals surface area (Å²) in [5.41, 5.74) is 0.334. The Hall–Kier alpha value is -1.85. The van der Waals surface area contributed by atoms with Crippen molar-refractivity contribution in [1.82, 2.24) is 0 Å². The van der Waals surface area contributed by atoms with E-state index in [4.69, 9.17) is 14.9 Å². The van der Waals surface area contributed by atoms with E-state index in [0.29, 0.717) is 18.6 Å². The molecule has 1 atom stereocenters. The molecule has 5 nitrogen and oxygen atoms in total. The second kappa shape index (κ2) is 8.56. The van der Waals surface area contributed by atoms with E-state index in [0.717, 1.165) is 11.6 Å². The molecule has 0 unspecified atom stereocenters. The van der Waals surface area contributed by atoms with Crippen LogP contribution in [0, 0.1) is 5.41 Å². The molecule has 122 valence electrons. The minimum absolute atomic E-state index is 0.0613. The molecule has 0 radical (unpaired) electrons. The lowest BCUT2D eigenvalue weighted by atomic mass is 9.79. The van der Waals surface area contributed by atoms with E-state index in [1.54, 1.807) is 24.3 Å². The zero-order valence-corrected chi connectivity index (χ0v) is 13.0. The maximum atomic E-state index is 10.6. The predicted molar refractivity (Wildman–Crippen MR) is 83.8 cm³/mol. The van der Waals surface area contributed by atoms with Crippen LogP contribution >= 0.6 is 0 Å². The van der Waals surface area contributed by atoms with Crippen molar-refractivity contribution in [3.63, 3.8) is 0 Å². The molecule has 0 aliphatic carbocycles. The van der Waals surface area contributed by atoms with Gasteiger partial charge < -0.3 is 20.1 Å². The summed E-state index contributed by atoms with van der Waals surface area (Å²) in [7, 11) is 0. The molecule has 1 rings (SSSR count). The highest BCUT2D eigenvalue weighted by Crippen LogP contribution is 2.38. The van der Waals surface area contributed by atoms with Crippen molar-refractivity contribution in [1.29, 1.82) is 0 Å².